The molecule has 1 spiro atoms. The highest BCUT2D eigenvalue weighted by molar-refractivity contribution is 5.75. The summed E-state index contributed by atoms with van der Waals surface area (Å²) in [6.45, 7) is 8.51. The second-order valence-electron chi connectivity index (χ2n) is 12.1. The highest BCUT2D eigenvalue weighted by Gasteiger charge is 2.78. The molecule has 0 radical (unpaired) electrons. The van der Waals surface area contributed by atoms with Crippen molar-refractivity contribution in [2.45, 2.75) is 77.3 Å². The third-order valence-electron chi connectivity index (χ3n) is 10.7. The van der Waals surface area contributed by atoms with Crippen LogP contribution in [0.5, 0.6) is 0 Å². The van der Waals surface area contributed by atoms with Crippen LogP contribution in [0.1, 0.15) is 65.0 Å². The summed E-state index contributed by atoms with van der Waals surface area (Å²) in [6.07, 6.45) is 5.99. The first kappa shape index (κ1) is 22.4. The number of fused-ring (bicyclic) bond motifs is 4. The van der Waals surface area contributed by atoms with Gasteiger partial charge in [-0.1, -0.05) is 33.8 Å². The number of aliphatic hydroxyl groups excluding tert-OH is 1. The number of cyclic esters (lactones) is 1. The van der Waals surface area contributed by atoms with Gasteiger partial charge in [-0.25, -0.2) is 0 Å². The monoisotopic (exact) mass is 470 g/mol. The molecule has 7 heteroatoms. The third-order valence-corrected chi connectivity index (χ3v) is 10.7. The van der Waals surface area contributed by atoms with Gasteiger partial charge in [0.25, 0.3) is 0 Å². The highest BCUT2D eigenvalue weighted by Crippen LogP contribution is 2.77. The Morgan fingerprint density at radius 2 is 2.00 bits per heavy atom. The number of aliphatic hydroxyl groups is 1. The maximum Gasteiger partial charge on any atom is 0.309 e. The van der Waals surface area contributed by atoms with E-state index < -0.39 is 28.6 Å². The van der Waals surface area contributed by atoms with Gasteiger partial charge in [0, 0.05) is 29.2 Å². The maximum absolute atomic E-state index is 13.0. The van der Waals surface area contributed by atoms with Gasteiger partial charge in [0.15, 0.2) is 0 Å². The number of allylic oxidation sites excluding steroid dienone is 1. The Morgan fingerprint density at radius 3 is 2.68 bits per heavy atom. The molecule has 1 aromatic heterocycles. The van der Waals surface area contributed by atoms with Crippen LogP contribution in [0.3, 0.4) is 0 Å². The number of methoxy groups -OCH3 is 1. The average molecular weight is 471 g/mol. The number of furan rings is 1. The number of esters is 2. The van der Waals surface area contributed by atoms with Crippen molar-refractivity contribution in [3.63, 3.8) is 0 Å². The normalized spacial score (nSPS) is 47.9. The number of hydrogen-bond donors (Lipinski definition) is 1. The van der Waals surface area contributed by atoms with Crippen LogP contribution in [-0.4, -0.2) is 42.0 Å². The molecule has 2 aliphatic heterocycles. The van der Waals surface area contributed by atoms with Crippen molar-refractivity contribution in [3.8, 4) is 0 Å². The van der Waals surface area contributed by atoms with Crippen LogP contribution in [0.2, 0.25) is 0 Å². The first-order valence-corrected chi connectivity index (χ1v) is 12.4. The van der Waals surface area contributed by atoms with Gasteiger partial charge in [-0.05, 0) is 41.2 Å². The summed E-state index contributed by atoms with van der Waals surface area (Å²) in [4.78, 5) is 25.5. The van der Waals surface area contributed by atoms with E-state index in [0.717, 1.165) is 12.0 Å². The molecule has 3 aliphatic carbocycles. The Labute approximate surface area is 199 Å². The van der Waals surface area contributed by atoms with Gasteiger partial charge < -0.3 is 23.7 Å². The number of carbonyl (C=O) groups is 2. The molecular formula is C27H34O7. The largest absolute Gasteiger partial charge is 0.472 e. The summed E-state index contributed by atoms with van der Waals surface area (Å²) < 4.78 is 23.5. The number of ether oxygens (including phenoxy) is 3. The van der Waals surface area contributed by atoms with Crippen molar-refractivity contribution in [2.75, 3.05) is 7.11 Å². The molecular weight excluding hydrogens is 436 g/mol. The summed E-state index contributed by atoms with van der Waals surface area (Å²) in [5.74, 6) is -0.332. The smallest absolute Gasteiger partial charge is 0.309 e. The van der Waals surface area contributed by atoms with E-state index >= 15 is 0 Å². The highest BCUT2D eigenvalue weighted by atomic mass is 16.6. The van der Waals surface area contributed by atoms with E-state index in [0.29, 0.717) is 6.42 Å². The third kappa shape index (κ3) is 2.40. The van der Waals surface area contributed by atoms with Crippen molar-refractivity contribution < 1.29 is 33.3 Å². The molecule has 2 saturated heterocycles. The lowest BCUT2D eigenvalue weighted by Crippen LogP contribution is -2.72. The van der Waals surface area contributed by atoms with Crippen LogP contribution < -0.4 is 0 Å². The van der Waals surface area contributed by atoms with E-state index in [9.17, 15) is 14.7 Å². The lowest BCUT2D eigenvalue weighted by atomic mass is 9.42. The van der Waals surface area contributed by atoms with Crippen LogP contribution in [0.15, 0.2) is 34.7 Å². The van der Waals surface area contributed by atoms with E-state index in [4.69, 9.17) is 18.6 Å². The van der Waals surface area contributed by atoms with Gasteiger partial charge in [0.1, 0.15) is 11.7 Å². The molecule has 6 rings (SSSR count). The zero-order chi connectivity index (χ0) is 24.3. The molecule has 9 atom stereocenters. The minimum Gasteiger partial charge on any atom is -0.472 e. The summed E-state index contributed by atoms with van der Waals surface area (Å²) >= 11 is 0. The summed E-state index contributed by atoms with van der Waals surface area (Å²) in [6, 6.07) is 1.86. The standard InChI is InChI=1S/C27H34O7/c1-24(2)18(10-21(29)31-5)25(3)16-8-15-9-17(16)27(34-20(25)11-19(24)28)12-22(30)33-23(26(15,27)4)14-6-7-32-13-14/h6-7,9,13,15-16,18-20,23,28H,8,10-12H2,1-5H3. The van der Waals surface area contributed by atoms with Crippen molar-refractivity contribution in [3.05, 3.63) is 35.8 Å². The quantitative estimate of drug-likeness (QED) is 0.528. The lowest BCUT2D eigenvalue weighted by Gasteiger charge is -2.69. The minimum atomic E-state index is -0.779. The molecule has 2 bridgehead atoms. The van der Waals surface area contributed by atoms with Gasteiger partial charge in [-0.3, -0.25) is 9.59 Å². The predicted octanol–water partition coefficient (Wildman–Crippen LogP) is 3.96. The number of rotatable bonds is 3. The molecule has 3 fully saturated rings. The van der Waals surface area contributed by atoms with Crippen LogP contribution in [0.25, 0.3) is 0 Å². The molecule has 0 aromatic carbocycles. The minimum absolute atomic E-state index is 0.129. The molecule has 1 N–H and O–H groups in total. The zero-order valence-corrected chi connectivity index (χ0v) is 20.5. The predicted molar refractivity (Wildman–Crippen MR) is 120 cm³/mol. The van der Waals surface area contributed by atoms with Gasteiger partial charge in [0.05, 0.1) is 38.3 Å². The summed E-state index contributed by atoms with van der Waals surface area (Å²) in [7, 11) is 1.41. The molecule has 34 heavy (non-hydrogen) atoms. The first-order valence-electron chi connectivity index (χ1n) is 12.4. The van der Waals surface area contributed by atoms with Crippen molar-refractivity contribution in [1.82, 2.24) is 0 Å². The van der Waals surface area contributed by atoms with Gasteiger partial charge >= 0.3 is 11.9 Å². The molecule has 7 nitrogen and oxygen atoms in total. The average Bonchev–Trinajstić information content (AvgIpc) is 3.51. The second-order valence-corrected chi connectivity index (χ2v) is 12.1. The van der Waals surface area contributed by atoms with E-state index in [2.05, 4.69) is 33.8 Å². The fourth-order valence-electron chi connectivity index (χ4n) is 8.72. The fourth-order valence-corrected chi connectivity index (χ4v) is 8.72. The van der Waals surface area contributed by atoms with Gasteiger partial charge in [0.2, 0.25) is 0 Å². The maximum atomic E-state index is 13.0. The Morgan fingerprint density at radius 1 is 1.24 bits per heavy atom. The Bertz CT molecular complexity index is 1070. The van der Waals surface area contributed by atoms with Crippen molar-refractivity contribution >= 4 is 11.9 Å². The zero-order valence-electron chi connectivity index (χ0n) is 20.5. The van der Waals surface area contributed by atoms with E-state index in [1.807, 2.05) is 6.07 Å². The Balaban J connectivity index is 1.48. The Hall–Kier alpha value is -2.12. The second kappa shape index (κ2) is 6.76. The van der Waals surface area contributed by atoms with Gasteiger partial charge in [-0.15, -0.1) is 0 Å². The molecule has 1 saturated carbocycles. The van der Waals surface area contributed by atoms with Crippen LogP contribution in [0.4, 0.5) is 0 Å². The van der Waals surface area contributed by atoms with Crippen LogP contribution in [-0.2, 0) is 23.8 Å². The first-order chi connectivity index (χ1) is 16.0. The fraction of sp³-hybridized carbons (Fsp3) is 0.704. The Kier molecular flexibility index (Phi) is 4.44. The molecule has 5 aliphatic rings. The number of carbonyl (C=O) groups excluding carboxylic acids is 2. The topological polar surface area (TPSA) is 95.2 Å². The molecule has 1 aromatic rings. The van der Waals surface area contributed by atoms with E-state index in [1.54, 1.807) is 12.5 Å². The summed E-state index contributed by atoms with van der Waals surface area (Å²) in [5.41, 5.74) is -0.0584. The van der Waals surface area contributed by atoms with Crippen LogP contribution in [0, 0.1) is 34.0 Å². The van der Waals surface area contributed by atoms with Gasteiger partial charge in [-0.2, -0.15) is 0 Å². The molecule has 9 unspecified atom stereocenters. The SMILES string of the molecule is COC(=O)CC1C(C)(C)C(O)CC2OC34CC(=O)OC(c5ccoc5)C3(C)C3C=C4C(C3)C21C. The van der Waals surface area contributed by atoms with E-state index in [1.165, 1.54) is 12.7 Å². The molecule has 0 amide bonds. The van der Waals surface area contributed by atoms with Crippen molar-refractivity contribution in [1.29, 1.82) is 0 Å². The molecule has 3 heterocycles. The lowest BCUT2D eigenvalue weighted by molar-refractivity contribution is -0.313. The van der Waals surface area contributed by atoms with E-state index in [-0.39, 0.29) is 54.1 Å². The van der Waals surface area contributed by atoms with Crippen LogP contribution >= 0.6 is 0 Å². The number of hydrogen-bond acceptors (Lipinski definition) is 7. The van der Waals surface area contributed by atoms with Crippen molar-refractivity contribution in [2.24, 2.45) is 34.0 Å². The molecule has 184 valence electrons. The summed E-state index contributed by atoms with van der Waals surface area (Å²) in [5, 5.41) is 11.2.